The van der Waals surface area contributed by atoms with Gasteiger partial charge in [0.2, 0.25) is 0 Å². The first-order chi connectivity index (χ1) is 12.6. The van der Waals surface area contributed by atoms with E-state index in [1.165, 1.54) is 16.5 Å². The first-order valence-corrected chi connectivity index (χ1v) is 8.00. The topological polar surface area (TPSA) is 78.0 Å². The lowest BCUT2D eigenvalue weighted by atomic mass is 10.1. The highest BCUT2D eigenvalue weighted by Crippen LogP contribution is 2.37. The van der Waals surface area contributed by atoms with Crippen molar-refractivity contribution in [2.24, 2.45) is 0 Å². The summed E-state index contributed by atoms with van der Waals surface area (Å²) in [5, 5.41) is 18.6. The Morgan fingerprint density at radius 2 is 2.00 bits per heavy atom. The molecule has 0 unspecified atom stereocenters. The van der Waals surface area contributed by atoms with E-state index in [2.05, 4.69) is 15.2 Å². The van der Waals surface area contributed by atoms with Gasteiger partial charge in [-0.15, -0.1) is 0 Å². The number of hydrogen-bond donors (Lipinski definition) is 1. The molecule has 0 atom stereocenters. The molecule has 3 heterocycles. The number of pyridine rings is 1. The molecule has 0 fully saturated rings. The minimum atomic E-state index is -4.61. The average Bonchev–Trinajstić information content (AvgIpc) is 3.21. The molecule has 0 saturated heterocycles. The summed E-state index contributed by atoms with van der Waals surface area (Å²) in [7, 11) is 1.34. The lowest BCUT2D eigenvalue weighted by molar-refractivity contribution is -0.141. The molecule has 144 valence electrons. The number of alkyl halides is 3. The molecule has 0 aliphatic heterocycles. The quantitative estimate of drug-likeness (QED) is 0.735. The van der Waals surface area contributed by atoms with Crippen LogP contribution in [-0.2, 0) is 12.7 Å². The number of aliphatic hydroxyl groups is 1. The van der Waals surface area contributed by atoms with Crippen molar-refractivity contribution in [3.8, 4) is 22.7 Å². The van der Waals surface area contributed by atoms with E-state index in [-0.39, 0.29) is 23.6 Å². The summed E-state index contributed by atoms with van der Waals surface area (Å²) in [6.45, 7) is 3.36. The van der Waals surface area contributed by atoms with Crippen LogP contribution < -0.4 is 4.74 Å². The summed E-state index contributed by atoms with van der Waals surface area (Å²) in [5.74, 6) is 0.143. The summed E-state index contributed by atoms with van der Waals surface area (Å²) in [5.41, 5.74) is -1.32. The number of rotatable bonds is 5. The predicted octanol–water partition coefficient (Wildman–Crippen LogP) is 2.93. The second-order valence-electron chi connectivity index (χ2n) is 6.59. The number of methoxy groups -OCH3 is 1. The molecule has 27 heavy (non-hydrogen) atoms. The van der Waals surface area contributed by atoms with Gasteiger partial charge in [-0.2, -0.15) is 23.4 Å². The van der Waals surface area contributed by atoms with Gasteiger partial charge >= 0.3 is 6.18 Å². The monoisotopic (exact) mass is 381 g/mol. The molecular formula is C17H18F3N5O2. The van der Waals surface area contributed by atoms with E-state index in [0.717, 1.165) is 12.3 Å². The summed E-state index contributed by atoms with van der Waals surface area (Å²) in [6.07, 6.45) is 1.20. The van der Waals surface area contributed by atoms with Gasteiger partial charge in [0.25, 0.3) is 0 Å². The molecule has 3 aromatic heterocycles. The fourth-order valence-corrected chi connectivity index (χ4v) is 2.60. The highest BCUT2D eigenvalue weighted by molar-refractivity contribution is 5.74. The second-order valence-corrected chi connectivity index (χ2v) is 6.59. The van der Waals surface area contributed by atoms with Crippen LogP contribution in [0, 0.1) is 0 Å². The van der Waals surface area contributed by atoms with Crippen LogP contribution in [0.4, 0.5) is 13.2 Å². The van der Waals surface area contributed by atoms with Gasteiger partial charge in [-0.25, -0.2) is 9.67 Å². The fourth-order valence-electron chi connectivity index (χ4n) is 2.60. The average molecular weight is 381 g/mol. The zero-order valence-electron chi connectivity index (χ0n) is 14.9. The molecule has 0 aromatic carbocycles. The Balaban J connectivity index is 2.21. The van der Waals surface area contributed by atoms with Crippen molar-refractivity contribution in [2.75, 3.05) is 7.11 Å². The Morgan fingerprint density at radius 3 is 2.56 bits per heavy atom. The molecule has 0 amide bonds. The van der Waals surface area contributed by atoms with Crippen LogP contribution in [0.25, 0.3) is 16.9 Å². The summed E-state index contributed by atoms with van der Waals surface area (Å²) < 4.78 is 47.6. The molecule has 1 N–H and O–H groups in total. The summed E-state index contributed by atoms with van der Waals surface area (Å²) >= 11 is 0. The Bertz CT molecular complexity index is 927. The van der Waals surface area contributed by atoms with Crippen molar-refractivity contribution in [3.05, 3.63) is 42.6 Å². The number of ether oxygens (including phenoxy) is 1. The zero-order valence-corrected chi connectivity index (χ0v) is 14.9. The van der Waals surface area contributed by atoms with E-state index in [0.29, 0.717) is 5.69 Å². The van der Waals surface area contributed by atoms with Crippen LogP contribution in [0.3, 0.4) is 0 Å². The van der Waals surface area contributed by atoms with Gasteiger partial charge in [-0.05, 0) is 26.0 Å². The van der Waals surface area contributed by atoms with Crippen molar-refractivity contribution in [1.29, 1.82) is 0 Å². The van der Waals surface area contributed by atoms with E-state index in [1.54, 1.807) is 38.5 Å². The zero-order chi connectivity index (χ0) is 19.8. The molecule has 3 aromatic rings. The van der Waals surface area contributed by atoms with Crippen LogP contribution in [0.1, 0.15) is 19.5 Å². The summed E-state index contributed by atoms with van der Waals surface area (Å²) in [6, 6.07) is 2.57. The molecule has 0 radical (unpaired) electrons. The van der Waals surface area contributed by atoms with Crippen LogP contribution in [0.5, 0.6) is 5.75 Å². The predicted molar refractivity (Wildman–Crippen MR) is 90.4 cm³/mol. The van der Waals surface area contributed by atoms with Gasteiger partial charge in [0, 0.05) is 12.4 Å². The lowest BCUT2D eigenvalue weighted by Gasteiger charge is -2.16. The van der Waals surface area contributed by atoms with Crippen molar-refractivity contribution in [2.45, 2.75) is 32.2 Å². The molecule has 7 nitrogen and oxygen atoms in total. The summed E-state index contributed by atoms with van der Waals surface area (Å²) in [4.78, 5) is 3.42. The third-order valence-corrected chi connectivity index (χ3v) is 3.68. The van der Waals surface area contributed by atoms with Crippen LogP contribution in [0.2, 0.25) is 0 Å². The number of halogens is 3. The Morgan fingerprint density at radius 1 is 1.26 bits per heavy atom. The van der Waals surface area contributed by atoms with Crippen molar-refractivity contribution >= 4 is 0 Å². The highest BCUT2D eigenvalue weighted by Gasteiger charge is 2.34. The van der Waals surface area contributed by atoms with Gasteiger partial charge in [0.1, 0.15) is 22.8 Å². The Hall–Kier alpha value is -2.88. The lowest BCUT2D eigenvalue weighted by Crippen LogP contribution is -2.26. The third kappa shape index (κ3) is 4.11. The maximum atomic E-state index is 13.1. The first-order valence-electron chi connectivity index (χ1n) is 8.00. The molecule has 3 rings (SSSR count). The largest absolute Gasteiger partial charge is 0.494 e. The van der Waals surface area contributed by atoms with E-state index in [9.17, 15) is 18.3 Å². The number of nitrogens with zero attached hydrogens (tertiary/aromatic N) is 5. The van der Waals surface area contributed by atoms with Gasteiger partial charge in [0.05, 0.1) is 37.2 Å². The molecule has 0 aliphatic carbocycles. The van der Waals surface area contributed by atoms with Crippen LogP contribution >= 0.6 is 0 Å². The van der Waals surface area contributed by atoms with Crippen LogP contribution in [-0.4, -0.2) is 42.4 Å². The third-order valence-electron chi connectivity index (χ3n) is 3.68. The minimum Gasteiger partial charge on any atom is -0.494 e. The molecule has 0 aliphatic rings. The van der Waals surface area contributed by atoms with Crippen molar-refractivity contribution < 1.29 is 23.0 Å². The second kappa shape index (κ2) is 6.69. The van der Waals surface area contributed by atoms with Gasteiger partial charge in [0.15, 0.2) is 0 Å². The first kappa shape index (κ1) is 18.9. The van der Waals surface area contributed by atoms with Crippen molar-refractivity contribution in [1.82, 2.24) is 24.5 Å². The smallest absolute Gasteiger partial charge is 0.433 e. The molecule has 0 saturated carbocycles. The van der Waals surface area contributed by atoms with E-state index >= 15 is 0 Å². The van der Waals surface area contributed by atoms with Gasteiger partial charge in [-0.3, -0.25) is 4.68 Å². The minimum absolute atomic E-state index is 0.125. The van der Waals surface area contributed by atoms with Crippen molar-refractivity contribution in [3.63, 3.8) is 0 Å². The normalized spacial score (nSPS) is 12.4. The van der Waals surface area contributed by atoms with E-state index in [1.807, 2.05) is 0 Å². The fraction of sp³-hybridized carbons (Fsp3) is 0.353. The maximum Gasteiger partial charge on any atom is 0.433 e. The van der Waals surface area contributed by atoms with E-state index in [4.69, 9.17) is 4.74 Å². The molecule has 10 heteroatoms. The van der Waals surface area contributed by atoms with E-state index < -0.39 is 17.5 Å². The Labute approximate surface area is 153 Å². The molecule has 0 bridgehead atoms. The highest BCUT2D eigenvalue weighted by atomic mass is 19.4. The van der Waals surface area contributed by atoms with Gasteiger partial charge < -0.3 is 9.84 Å². The molecular weight excluding hydrogens is 363 g/mol. The number of hydrogen-bond acceptors (Lipinski definition) is 5. The SMILES string of the molecule is COc1cnc(C(F)(F)F)cc1-c1nn(CC(C)(C)O)cc1-n1cccn1. The standard InChI is InChI=1S/C17H18F3N5O2/c1-16(2,26)10-24-9-12(25-6-4-5-22-25)15(23-24)11-7-14(17(18,19)20)21-8-13(11)27-3/h4-9,26H,10H2,1-3H3. The Kier molecular flexibility index (Phi) is 4.68. The molecule has 0 spiro atoms. The van der Waals surface area contributed by atoms with Gasteiger partial charge in [-0.1, -0.05) is 0 Å². The number of aromatic nitrogens is 5. The maximum absolute atomic E-state index is 13.1. The van der Waals surface area contributed by atoms with Crippen LogP contribution in [0.15, 0.2) is 36.9 Å².